The molecule has 8 nitrogen and oxygen atoms in total. The molecule has 1 saturated heterocycles. The van der Waals surface area contributed by atoms with E-state index >= 15 is 0 Å². The Morgan fingerprint density at radius 2 is 1.40 bits per heavy atom. The molecule has 0 N–H and O–H groups in total. The Kier molecular flexibility index (Phi) is 5.17. The maximum atomic E-state index is 12.8. The standard InChI is InChI=1S/C21H21N3O5S/c1-15-6-8-16(9-7-15)30(28,29)23-12-10-22(11-13-23)19(25)14-24-20(26)17-4-2-3-5-18(17)21(24)27/h2-9H,10-14H2,1H3. The van der Waals surface area contributed by atoms with E-state index < -0.39 is 21.8 Å². The average molecular weight is 427 g/mol. The van der Waals surface area contributed by atoms with Gasteiger partial charge in [-0.05, 0) is 31.2 Å². The second-order valence-corrected chi connectivity index (χ2v) is 9.28. The third kappa shape index (κ3) is 3.50. The summed E-state index contributed by atoms with van der Waals surface area (Å²) in [5.74, 6) is -1.34. The number of imide groups is 1. The lowest BCUT2D eigenvalue weighted by Crippen LogP contribution is -2.53. The summed E-state index contributed by atoms with van der Waals surface area (Å²) in [4.78, 5) is 40.2. The van der Waals surface area contributed by atoms with Gasteiger partial charge < -0.3 is 4.90 Å². The Bertz CT molecular complexity index is 1080. The molecular weight excluding hydrogens is 406 g/mol. The average Bonchev–Trinajstić information content (AvgIpc) is 2.99. The molecule has 2 aliphatic rings. The molecule has 3 amide bonds. The van der Waals surface area contributed by atoms with Crippen molar-refractivity contribution < 1.29 is 22.8 Å². The quantitative estimate of drug-likeness (QED) is 0.682. The molecule has 0 atom stereocenters. The van der Waals surface area contributed by atoms with E-state index in [9.17, 15) is 22.8 Å². The van der Waals surface area contributed by atoms with Crippen LogP contribution in [-0.4, -0.2) is 73.0 Å². The van der Waals surface area contributed by atoms with E-state index in [-0.39, 0.29) is 43.5 Å². The number of carbonyl (C=O) groups is 3. The Morgan fingerprint density at radius 1 is 0.867 bits per heavy atom. The van der Waals surface area contributed by atoms with E-state index in [1.807, 2.05) is 6.92 Å². The van der Waals surface area contributed by atoms with Crippen molar-refractivity contribution in [1.29, 1.82) is 0 Å². The zero-order valence-electron chi connectivity index (χ0n) is 16.4. The van der Waals surface area contributed by atoms with Gasteiger partial charge in [-0.2, -0.15) is 4.31 Å². The largest absolute Gasteiger partial charge is 0.338 e. The van der Waals surface area contributed by atoms with Crippen molar-refractivity contribution in [2.24, 2.45) is 0 Å². The van der Waals surface area contributed by atoms with Crippen LogP contribution in [0.5, 0.6) is 0 Å². The number of nitrogens with zero attached hydrogens (tertiary/aromatic N) is 3. The van der Waals surface area contributed by atoms with Crippen LogP contribution in [0.1, 0.15) is 26.3 Å². The van der Waals surface area contributed by atoms with Crippen molar-refractivity contribution in [3.05, 3.63) is 65.2 Å². The summed E-state index contributed by atoms with van der Waals surface area (Å²) < 4.78 is 26.9. The van der Waals surface area contributed by atoms with Crippen LogP contribution >= 0.6 is 0 Å². The fourth-order valence-electron chi connectivity index (χ4n) is 3.66. The first-order chi connectivity index (χ1) is 14.3. The van der Waals surface area contributed by atoms with Gasteiger partial charge in [-0.15, -0.1) is 0 Å². The van der Waals surface area contributed by atoms with Gasteiger partial charge in [0.05, 0.1) is 16.0 Å². The summed E-state index contributed by atoms with van der Waals surface area (Å²) in [5.41, 5.74) is 1.56. The van der Waals surface area contributed by atoms with Crippen molar-refractivity contribution in [3.8, 4) is 0 Å². The van der Waals surface area contributed by atoms with E-state index in [0.717, 1.165) is 10.5 Å². The molecule has 0 spiro atoms. The molecule has 0 aromatic heterocycles. The molecule has 2 aromatic carbocycles. The Hall–Kier alpha value is -3.04. The number of carbonyl (C=O) groups excluding carboxylic acids is 3. The number of aryl methyl sites for hydroxylation is 1. The number of benzene rings is 2. The second kappa shape index (κ2) is 7.66. The predicted octanol–water partition coefficient (Wildman–Crippen LogP) is 1.12. The molecule has 4 rings (SSSR count). The Balaban J connectivity index is 1.39. The first kappa shape index (κ1) is 20.2. The maximum absolute atomic E-state index is 12.8. The number of hydrogen-bond acceptors (Lipinski definition) is 5. The highest BCUT2D eigenvalue weighted by Crippen LogP contribution is 2.23. The summed E-state index contributed by atoms with van der Waals surface area (Å²) in [6.45, 7) is 2.25. The van der Waals surface area contributed by atoms with E-state index in [1.165, 1.54) is 9.21 Å². The lowest BCUT2D eigenvalue weighted by atomic mass is 10.1. The van der Waals surface area contributed by atoms with Crippen LogP contribution in [0, 0.1) is 6.92 Å². The highest BCUT2D eigenvalue weighted by Gasteiger charge is 2.38. The third-order valence-electron chi connectivity index (χ3n) is 5.42. The van der Waals surface area contributed by atoms with Gasteiger partial charge in [-0.1, -0.05) is 29.8 Å². The van der Waals surface area contributed by atoms with Gasteiger partial charge in [0.2, 0.25) is 15.9 Å². The van der Waals surface area contributed by atoms with E-state index in [4.69, 9.17) is 0 Å². The lowest BCUT2D eigenvalue weighted by Gasteiger charge is -2.34. The zero-order chi connectivity index (χ0) is 21.5. The maximum Gasteiger partial charge on any atom is 0.262 e. The number of sulfonamides is 1. The van der Waals surface area contributed by atoms with Crippen LogP contribution < -0.4 is 0 Å². The molecule has 0 bridgehead atoms. The minimum Gasteiger partial charge on any atom is -0.338 e. The number of rotatable bonds is 4. The number of hydrogen-bond donors (Lipinski definition) is 0. The van der Waals surface area contributed by atoms with E-state index in [1.54, 1.807) is 48.5 Å². The first-order valence-electron chi connectivity index (χ1n) is 9.59. The lowest BCUT2D eigenvalue weighted by molar-refractivity contribution is -0.132. The highest BCUT2D eigenvalue weighted by molar-refractivity contribution is 7.89. The monoisotopic (exact) mass is 427 g/mol. The normalized spacial score (nSPS) is 17.4. The molecule has 0 radical (unpaired) electrons. The van der Waals surface area contributed by atoms with Crippen molar-refractivity contribution in [1.82, 2.24) is 14.1 Å². The van der Waals surface area contributed by atoms with Gasteiger partial charge in [-0.25, -0.2) is 8.42 Å². The first-order valence-corrected chi connectivity index (χ1v) is 11.0. The fraction of sp³-hybridized carbons (Fsp3) is 0.286. The zero-order valence-corrected chi connectivity index (χ0v) is 17.3. The minimum absolute atomic E-state index is 0.157. The number of fused-ring (bicyclic) bond motifs is 1. The molecule has 1 fully saturated rings. The minimum atomic E-state index is -3.63. The van der Waals surface area contributed by atoms with Crippen molar-refractivity contribution in [2.45, 2.75) is 11.8 Å². The summed E-state index contributed by atoms with van der Waals surface area (Å²) in [5, 5.41) is 0. The summed E-state index contributed by atoms with van der Waals surface area (Å²) in [7, 11) is -3.63. The second-order valence-electron chi connectivity index (χ2n) is 7.34. The third-order valence-corrected chi connectivity index (χ3v) is 7.33. The van der Waals surface area contributed by atoms with Crippen molar-refractivity contribution >= 4 is 27.7 Å². The molecular formula is C21H21N3O5S. The molecule has 156 valence electrons. The van der Waals surface area contributed by atoms with E-state index in [2.05, 4.69) is 0 Å². The van der Waals surface area contributed by atoms with Crippen molar-refractivity contribution in [2.75, 3.05) is 32.7 Å². The topological polar surface area (TPSA) is 95.1 Å². The van der Waals surface area contributed by atoms with Gasteiger partial charge in [-0.3, -0.25) is 19.3 Å². The molecule has 2 aromatic rings. The SMILES string of the molecule is Cc1ccc(S(=O)(=O)N2CCN(C(=O)CN3C(=O)c4ccccc4C3=O)CC2)cc1. The van der Waals surface area contributed by atoms with E-state index in [0.29, 0.717) is 11.1 Å². The van der Waals surface area contributed by atoms with Gasteiger partial charge in [0, 0.05) is 26.2 Å². The molecule has 0 unspecified atom stereocenters. The van der Waals surface area contributed by atoms with Gasteiger partial charge in [0.25, 0.3) is 11.8 Å². The Morgan fingerprint density at radius 3 is 1.93 bits per heavy atom. The molecule has 0 saturated carbocycles. The smallest absolute Gasteiger partial charge is 0.262 e. The van der Waals surface area contributed by atoms with Crippen molar-refractivity contribution in [3.63, 3.8) is 0 Å². The molecule has 9 heteroatoms. The predicted molar refractivity (Wildman–Crippen MR) is 108 cm³/mol. The summed E-state index contributed by atoms with van der Waals surface area (Å²) in [6.07, 6.45) is 0. The molecule has 2 aliphatic heterocycles. The van der Waals surface area contributed by atoms with Crippen LogP contribution in [-0.2, 0) is 14.8 Å². The van der Waals surface area contributed by atoms with Crippen LogP contribution in [0.2, 0.25) is 0 Å². The summed E-state index contributed by atoms with van der Waals surface area (Å²) in [6, 6.07) is 13.1. The Labute approximate surface area is 174 Å². The van der Waals surface area contributed by atoms with Crippen LogP contribution in [0.3, 0.4) is 0 Å². The summed E-state index contributed by atoms with van der Waals surface area (Å²) >= 11 is 0. The fourth-order valence-corrected chi connectivity index (χ4v) is 5.08. The molecule has 2 heterocycles. The number of amides is 3. The highest BCUT2D eigenvalue weighted by atomic mass is 32.2. The van der Waals surface area contributed by atoms with Gasteiger partial charge in [0.15, 0.2) is 0 Å². The van der Waals surface area contributed by atoms with Crippen LogP contribution in [0.15, 0.2) is 53.4 Å². The van der Waals surface area contributed by atoms with Gasteiger partial charge in [0.1, 0.15) is 6.54 Å². The van der Waals surface area contributed by atoms with Gasteiger partial charge >= 0.3 is 0 Å². The van der Waals surface area contributed by atoms with Crippen LogP contribution in [0.4, 0.5) is 0 Å². The molecule has 0 aliphatic carbocycles. The number of piperazine rings is 1. The molecule has 30 heavy (non-hydrogen) atoms. The van der Waals surface area contributed by atoms with Crippen LogP contribution in [0.25, 0.3) is 0 Å².